The molecule has 0 unspecified atom stereocenters. The van der Waals surface area contributed by atoms with Gasteiger partial charge in [0, 0.05) is 24.9 Å². The van der Waals surface area contributed by atoms with Crippen molar-refractivity contribution in [2.24, 2.45) is 23.2 Å². The van der Waals surface area contributed by atoms with Crippen LogP contribution in [0.1, 0.15) is 62.5 Å². The Labute approximate surface area is 162 Å². The van der Waals surface area contributed by atoms with Gasteiger partial charge in [0.2, 0.25) is 11.8 Å². The summed E-state index contributed by atoms with van der Waals surface area (Å²) in [6, 6.07) is 8.20. The lowest BCUT2D eigenvalue weighted by Gasteiger charge is -2.55. The summed E-state index contributed by atoms with van der Waals surface area (Å²) in [4.78, 5) is 24.9. The monoisotopic (exact) mass is 368 g/mol. The Morgan fingerprint density at radius 1 is 0.963 bits per heavy atom. The van der Waals surface area contributed by atoms with Crippen molar-refractivity contribution in [3.8, 4) is 0 Å². The van der Waals surface area contributed by atoms with Crippen molar-refractivity contribution in [3.05, 3.63) is 35.4 Å². The molecule has 4 bridgehead atoms. The van der Waals surface area contributed by atoms with E-state index in [0.29, 0.717) is 25.9 Å². The van der Waals surface area contributed by atoms with Gasteiger partial charge in [-0.25, -0.2) is 0 Å². The van der Waals surface area contributed by atoms with E-state index in [1.165, 1.54) is 24.8 Å². The highest BCUT2D eigenvalue weighted by molar-refractivity contribution is 5.83. The topological polar surface area (TPSA) is 58.2 Å². The molecule has 4 saturated carbocycles. The first-order valence-corrected chi connectivity index (χ1v) is 10.6. The second-order valence-electron chi connectivity index (χ2n) is 9.32. The Balaban J connectivity index is 1.16. The SMILES string of the molecule is Cc1ccc(CNC(=O)CCCNC(=O)C23CC4CC(CC(C4)C2)C3)cc1. The maximum Gasteiger partial charge on any atom is 0.226 e. The molecule has 4 aliphatic rings. The highest BCUT2D eigenvalue weighted by atomic mass is 16.2. The third-order valence-corrected chi connectivity index (χ3v) is 7.00. The molecule has 4 nitrogen and oxygen atoms in total. The van der Waals surface area contributed by atoms with Gasteiger partial charge < -0.3 is 10.6 Å². The average Bonchev–Trinajstić information content (AvgIpc) is 2.63. The summed E-state index contributed by atoms with van der Waals surface area (Å²) < 4.78 is 0. The summed E-state index contributed by atoms with van der Waals surface area (Å²) in [6.07, 6.45) is 8.53. The van der Waals surface area contributed by atoms with Crippen LogP contribution in [0.15, 0.2) is 24.3 Å². The predicted molar refractivity (Wildman–Crippen MR) is 106 cm³/mol. The maximum absolute atomic E-state index is 12.9. The van der Waals surface area contributed by atoms with E-state index in [4.69, 9.17) is 0 Å². The van der Waals surface area contributed by atoms with E-state index in [1.807, 2.05) is 12.1 Å². The minimum atomic E-state index is -0.0809. The number of carbonyl (C=O) groups is 2. The van der Waals surface area contributed by atoms with Gasteiger partial charge in [-0.2, -0.15) is 0 Å². The van der Waals surface area contributed by atoms with E-state index in [9.17, 15) is 9.59 Å². The van der Waals surface area contributed by atoms with E-state index < -0.39 is 0 Å². The van der Waals surface area contributed by atoms with Crippen LogP contribution in [0.25, 0.3) is 0 Å². The largest absolute Gasteiger partial charge is 0.356 e. The number of benzene rings is 1. The molecule has 4 fully saturated rings. The Morgan fingerprint density at radius 3 is 2.15 bits per heavy atom. The van der Waals surface area contributed by atoms with Crippen molar-refractivity contribution in [1.29, 1.82) is 0 Å². The minimum absolute atomic E-state index is 0.0552. The number of amides is 2. The summed E-state index contributed by atoms with van der Waals surface area (Å²) in [5.74, 6) is 2.68. The van der Waals surface area contributed by atoms with Crippen LogP contribution < -0.4 is 10.6 Å². The van der Waals surface area contributed by atoms with Crippen molar-refractivity contribution < 1.29 is 9.59 Å². The predicted octanol–water partition coefficient (Wildman–Crippen LogP) is 3.72. The molecule has 0 aliphatic heterocycles. The standard InChI is InChI=1S/C23H32N2O2/c1-16-4-6-17(7-5-16)15-25-21(26)3-2-8-24-22(27)23-12-18-9-19(13-23)11-20(10-18)14-23/h4-7,18-20H,2-3,8-15H2,1H3,(H,24,27)(H,25,26). The van der Waals surface area contributed by atoms with Crippen molar-refractivity contribution in [2.45, 2.75) is 64.8 Å². The first kappa shape index (κ1) is 18.5. The van der Waals surface area contributed by atoms with Gasteiger partial charge in [0.25, 0.3) is 0 Å². The van der Waals surface area contributed by atoms with Crippen molar-refractivity contribution in [2.75, 3.05) is 6.54 Å². The van der Waals surface area contributed by atoms with Crippen LogP contribution in [0.4, 0.5) is 0 Å². The summed E-state index contributed by atoms with van der Waals surface area (Å²) in [6.45, 7) is 3.23. The van der Waals surface area contributed by atoms with Crippen molar-refractivity contribution >= 4 is 11.8 Å². The van der Waals surface area contributed by atoms with Gasteiger partial charge in [-0.1, -0.05) is 29.8 Å². The molecule has 0 saturated heterocycles. The summed E-state index contributed by atoms with van der Waals surface area (Å²) in [5, 5.41) is 6.12. The Kier molecular flexibility index (Phi) is 5.25. The second-order valence-corrected chi connectivity index (χ2v) is 9.32. The molecule has 0 aromatic heterocycles. The third kappa shape index (κ3) is 4.20. The molecule has 0 heterocycles. The molecule has 1 aromatic carbocycles. The van der Waals surface area contributed by atoms with Gasteiger partial charge in [-0.15, -0.1) is 0 Å². The number of nitrogens with one attached hydrogen (secondary N) is 2. The fourth-order valence-electron chi connectivity index (χ4n) is 6.02. The number of carbonyl (C=O) groups excluding carboxylic acids is 2. The Hall–Kier alpha value is -1.84. The maximum atomic E-state index is 12.9. The molecular formula is C23H32N2O2. The van der Waals surface area contributed by atoms with E-state index in [0.717, 1.165) is 42.6 Å². The zero-order valence-electron chi connectivity index (χ0n) is 16.4. The first-order chi connectivity index (χ1) is 13.0. The van der Waals surface area contributed by atoms with Crippen LogP contribution in [-0.2, 0) is 16.1 Å². The van der Waals surface area contributed by atoms with Crippen LogP contribution in [0.5, 0.6) is 0 Å². The van der Waals surface area contributed by atoms with Gasteiger partial charge in [0.05, 0.1) is 0 Å². The molecule has 0 atom stereocenters. The fraction of sp³-hybridized carbons (Fsp3) is 0.652. The molecule has 5 rings (SSSR count). The summed E-state index contributed by atoms with van der Waals surface area (Å²) >= 11 is 0. The van der Waals surface area contributed by atoms with E-state index in [2.05, 4.69) is 29.7 Å². The lowest BCUT2D eigenvalue weighted by Crippen LogP contribution is -2.53. The van der Waals surface area contributed by atoms with E-state index in [1.54, 1.807) is 0 Å². The van der Waals surface area contributed by atoms with Gasteiger partial charge in [0.15, 0.2) is 0 Å². The van der Waals surface area contributed by atoms with Gasteiger partial charge in [-0.3, -0.25) is 9.59 Å². The normalized spacial score (nSPS) is 30.9. The van der Waals surface area contributed by atoms with E-state index >= 15 is 0 Å². The zero-order valence-corrected chi connectivity index (χ0v) is 16.4. The quantitative estimate of drug-likeness (QED) is 0.721. The van der Waals surface area contributed by atoms with Crippen molar-refractivity contribution in [1.82, 2.24) is 10.6 Å². The number of rotatable bonds is 7. The fourth-order valence-corrected chi connectivity index (χ4v) is 6.02. The zero-order chi connectivity index (χ0) is 18.9. The van der Waals surface area contributed by atoms with Crippen LogP contribution in [0.3, 0.4) is 0 Å². The highest BCUT2D eigenvalue weighted by Gasteiger charge is 2.54. The minimum Gasteiger partial charge on any atom is -0.356 e. The van der Waals surface area contributed by atoms with Crippen LogP contribution in [0, 0.1) is 30.1 Å². The molecular weight excluding hydrogens is 336 g/mol. The lowest BCUT2D eigenvalue weighted by atomic mass is 9.49. The lowest BCUT2D eigenvalue weighted by molar-refractivity contribution is -0.146. The number of aryl methyl sites for hydroxylation is 1. The molecule has 2 amide bonds. The molecule has 146 valence electrons. The van der Waals surface area contributed by atoms with Gasteiger partial charge >= 0.3 is 0 Å². The summed E-state index contributed by atoms with van der Waals surface area (Å²) in [7, 11) is 0. The van der Waals surface area contributed by atoms with Gasteiger partial charge in [0.1, 0.15) is 0 Å². The van der Waals surface area contributed by atoms with E-state index in [-0.39, 0.29) is 17.2 Å². The molecule has 2 N–H and O–H groups in total. The Bertz CT molecular complexity index is 660. The van der Waals surface area contributed by atoms with Crippen molar-refractivity contribution in [3.63, 3.8) is 0 Å². The Morgan fingerprint density at radius 2 is 1.56 bits per heavy atom. The molecule has 4 heteroatoms. The van der Waals surface area contributed by atoms with Crippen LogP contribution >= 0.6 is 0 Å². The molecule has 0 radical (unpaired) electrons. The smallest absolute Gasteiger partial charge is 0.226 e. The van der Waals surface area contributed by atoms with Gasteiger partial charge in [-0.05, 0) is 75.2 Å². The molecule has 4 aliphatic carbocycles. The molecule has 0 spiro atoms. The number of hydrogen-bond acceptors (Lipinski definition) is 2. The highest BCUT2D eigenvalue weighted by Crippen LogP contribution is 2.60. The van der Waals surface area contributed by atoms with Crippen LogP contribution in [0.2, 0.25) is 0 Å². The second kappa shape index (κ2) is 7.65. The van der Waals surface area contributed by atoms with Crippen LogP contribution in [-0.4, -0.2) is 18.4 Å². The first-order valence-electron chi connectivity index (χ1n) is 10.6. The number of hydrogen-bond donors (Lipinski definition) is 2. The molecule has 1 aromatic rings. The summed E-state index contributed by atoms with van der Waals surface area (Å²) in [5.41, 5.74) is 2.26. The third-order valence-electron chi connectivity index (χ3n) is 7.00. The molecule has 27 heavy (non-hydrogen) atoms. The average molecular weight is 369 g/mol.